The van der Waals surface area contributed by atoms with Gasteiger partial charge in [-0.3, -0.25) is 10.1 Å². The molecule has 1 N–H and O–H groups in total. The van der Waals surface area contributed by atoms with Gasteiger partial charge in [0.05, 0.1) is 18.8 Å². The van der Waals surface area contributed by atoms with Crippen LogP contribution >= 0.6 is 0 Å². The number of ether oxygens (including phenoxy) is 1. The SMILES string of the molecule is CCCCOCCN1C(=O)C(C)NC1CC. The van der Waals surface area contributed by atoms with Gasteiger partial charge in [0.1, 0.15) is 0 Å². The lowest BCUT2D eigenvalue weighted by Gasteiger charge is -2.22. The molecule has 0 aromatic carbocycles. The van der Waals surface area contributed by atoms with E-state index in [9.17, 15) is 4.79 Å². The third kappa shape index (κ3) is 3.46. The number of hydrogen-bond donors (Lipinski definition) is 1. The van der Waals surface area contributed by atoms with Crippen LogP contribution in [0.3, 0.4) is 0 Å². The fourth-order valence-corrected chi connectivity index (χ4v) is 1.97. The molecule has 1 rings (SSSR count). The van der Waals surface area contributed by atoms with Crippen LogP contribution < -0.4 is 5.32 Å². The fraction of sp³-hybridized carbons (Fsp3) is 0.917. The lowest BCUT2D eigenvalue weighted by molar-refractivity contribution is -0.130. The summed E-state index contributed by atoms with van der Waals surface area (Å²) in [7, 11) is 0. The molecular formula is C12H24N2O2. The molecule has 0 radical (unpaired) electrons. The van der Waals surface area contributed by atoms with E-state index in [1.54, 1.807) is 0 Å². The van der Waals surface area contributed by atoms with Gasteiger partial charge < -0.3 is 9.64 Å². The summed E-state index contributed by atoms with van der Waals surface area (Å²) in [6.45, 7) is 8.32. The average Bonchev–Trinajstić information content (AvgIpc) is 2.56. The Morgan fingerprint density at radius 2 is 2.12 bits per heavy atom. The van der Waals surface area contributed by atoms with E-state index in [-0.39, 0.29) is 18.1 Å². The molecule has 0 saturated carbocycles. The molecule has 4 nitrogen and oxygen atoms in total. The van der Waals surface area contributed by atoms with E-state index in [1.165, 1.54) is 0 Å². The minimum Gasteiger partial charge on any atom is -0.380 e. The van der Waals surface area contributed by atoms with Crippen molar-refractivity contribution in [3.05, 3.63) is 0 Å². The van der Waals surface area contributed by atoms with Crippen LogP contribution in [-0.2, 0) is 9.53 Å². The van der Waals surface area contributed by atoms with Gasteiger partial charge in [0.15, 0.2) is 0 Å². The maximum Gasteiger partial charge on any atom is 0.240 e. The van der Waals surface area contributed by atoms with Gasteiger partial charge in [0, 0.05) is 13.2 Å². The molecular weight excluding hydrogens is 204 g/mol. The lowest BCUT2D eigenvalue weighted by Crippen LogP contribution is -2.39. The molecule has 1 saturated heterocycles. The molecule has 1 amide bonds. The molecule has 1 aliphatic heterocycles. The van der Waals surface area contributed by atoms with Gasteiger partial charge in [-0.1, -0.05) is 20.3 Å². The Kier molecular flexibility index (Phi) is 5.77. The van der Waals surface area contributed by atoms with Gasteiger partial charge in [0.25, 0.3) is 0 Å². The molecule has 1 fully saturated rings. The number of carbonyl (C=O) groups excluding carboxylic acids is 1. The Morgan fingerprint density at radius 1 is 1.38 bits per heavy atom. The Balaban J connectivity index is 2.26. The van der Waals surface area contributed by atoms with Crippen LogP contribution in [0.5, 0.6) is 0 Å². The summed E-state index contributed by atoms with van der Waals surface area (Å²) in [4.78, 5) is 13.7. The second kappa shape index (κ2) is 6.86. The Morgan fingerprint density at radius 3 is 2.75 bits per heavy atom. The third-order valence-electron chi connectivity index (χ3n) is 2.98. The normalized spacial score (nSPS) is 25.4. The second-order valence-corrected chi connectivity index (χ2v) is 4.31. The molecule has 0 aromatic heterocycles. The van der Waals surface area contributed by atoms with Crippen LogP contribution in [0.1, 0.15) is 40.0 Å². The Bertz CT molecular complexity index is 221. The van der Waals surface area contributed by atoms with Crippen molar-refractivity contribution < 1.29 is 9.53 Å². The number of unbranched alkanes of at least 4 members (excludes halogenated alkanes) is 1. The first kappa shape index (κ1) is 13.5. The lowest BCUT2D eigenvalue weighted by atomic mass is 10.3. The average molecular weight is 228 g/mol. The van der Waals surface area contributed by atoms with Gasteiger partial charge in [-0.15, -0.1) is 0 Å². The smallest absolute Gasteiger partial charge is 0.240 e. The van der Waals surface area contributed by atoms with Crippen molar-refractivity contribution in [2.45, 2.75) is 52.2 Å². The van der Waals surface area contributed by atoms with Gasteiger partial charge in [-0.05, 0) is 19.8 Å². The van der Waals surface area contributed by atoms with E-state index in [0.717, 1.165) is 25.9 Å². The van der Waals surface area contributed by atoms with E-state index in [2.05, 4.69) is 19.2 Å². The molecule has 16 heavy (non-hydrogen) atoms. The van der Waals surface area contributed by atoms with Crippen LogP contribution in [0.2, 0.25) is 0 Å². The molecule has 1 heterocycles. The Hall–Kier alpha value is -0.610. The van der Waals surface area contributed by atoms with Crippen molar-refractivity contribution >= 4 is 5.91 Å². The summed E-state index contributed by atoms with van der Waals surface area (Å²) in [5, 5.41) is 3.28. The van der Waals surface area contributed by atoms with Crippen LogP contribution in [0.15, 0.2) is 0 Å². The zero-order valence-corrected chi connectivity index (χ0v) is 10.7. The predicted octanol–water partition coefficient (Wildman–Crippen LogP) is 1.36. The number of rotatable bonds is 7. The van der Waals surface area contributed by atoms with Crippen molar-refractivity contribution in [2.24, 2.45) is 0 Å². The largest absolute Gasteiger partial charge is 0.380 e. The van der Waals surface area contributed by atoms with Crippen molar-refractivity contribution in [2.75, 3.05) is 19.8 Å². The highest BCUT2D eigenvalue weighted by Crippen LogP contribution is 2.12. The minimum atomic E-state index is -0.0411. The number of amides is 1. The van der Waals surface area contributed by atoms with Crippen molar-refractivity contribution in [1.29, 1.82) is 0 Å². The first-order chi connectivity index (χ1) is 7.70. The van der Waals surface area contributed by atoms with Crippen LogP contribution in [0.4, 0.5) is 0 Å². The topological polar surface area (TPSA) is 41.6 Å². The summed E-state index contributed by atoms with van der Waals surface area (Å²) in [5.74, 6) is 0.200. The van der Waals surface area contributed by atoms with Gasteiger partial charge in [-0.2, -0.15) is 0 Å². The maximum atomic E-state index is 11.8. The number of hydrogen-bond acceptors (Lipinski definition) is 3. The van der Waals surface area contributed by atoms with Crippen molar-refractivity contribution in [3.63, 3.8) is 0 Å². The molecule has 0 bridgehead atoms. The van der Waals surface area contributed by atoms with Crippen LogP contribution in [0, 0.1) is 0 Å². The first-order valence-electron chi connectivity index (χ1n) is 6.35. The predicted molar refractivity (Wildman–Crippen MR) is 64.1 cm³/mol. The molecule has 0 aliphatic carbocycles. The fourth-order valence-electron chi connectivity index (χ4n) is 1.97. The van der Waals surface area contributed by atoms with Gasteiger partial charge >= 0.3 is 0 Å². The maximum absolute atomic E-state index is 11.8. The highest BCUT2D eigenvalue weighted by Gasteiger charge is 2.34. The zero-order valence-electron chi connectivity index (χ0n) is 10.7. The van der Waals surface area contributed by atoms with Crippen molar-refractivity contribution in [3.8, 4) is 0 Å². The molecule has 94 valence electrons. The second-order valence-electron chi connectivity index (χ2n) is 4.31. The zero-order chi connectivity index (χ0) is 12.0. The van der Waals surface area contributed by atoms with Gasteiger partial charge in [-0.25, -0.2) is 0 Å². The Labute approximate surface area is 98.3 Å². The van der Waals surface area contributed by atoms with E-state index in [0.29, 0.717) is 13.2 Å². The molecule has 4 heteroatoms. The summed E-state index contributed by atoms with van der Waals surface area (Å²) >= 11 is 0. The van der Waals surface area contributed by atoms with Gasteiger partial charge in [0.2, 0.25) is 5.91 Å². The summed E-state index contributed by atoms with van der Waals surface area (Å²) in [5.41, 5.74) is 0. The molecule has 0 spiro atoms. The minimum absolute atomic E-state index is 0.0411. The number of carbonyl (C=O) groups is 1. The van der Waals surface area contributed by atoms with Crippen molar-refractivity contribution in [1.82, 2.24) is 10.2 Å². The highest BCUT2D eigenvalue weighted by molar-refractivity contribution is 5.83. The quantitative estimate of drug-likeness (QED) is 0.669. The van der Waals surface area contributed by atoms with E-state index < -0.39 is 0 Å². The third-order valence-corrected chi connectivity index (χ3v) is 2.98. The van der Waals surface area contributed by atoms with E-state index in [4.69, 9.17) is 4.74 Å². The van der Waals surface area contributed by atoms with E-state index >= 15 is 0 Å². The molecule has 2 unspecified atom stereocenters. The summed E-state index contributed by atoms with van der Waals surface area (Å²) < 4.78 is 5.49. The standard InChI is InChI=1S/C12H24N2O2/c1-4-6-8-16-9-7-14-11(5-2)13-10(3)12(14)15/h10-11,13H,4-9H2,1-3H3. The number of nitrogens with zero attached hydrogens (tertiary/aromatic N) is 1. The molecule has 0 aromatic rings. The summed E-state index contributed by atoms with van der Waals surface area (Å²) in [6, 6.07) is -0.0411. The molecule has 1 aliphatic rings. The summed E-state index contributed by atoms with van der Waals surface area (Å²) in [6.07, 6.45) is 3.39. The van der Waals surface area contributed by atoms with Crippen LogP contribution in [0.25, 0.3) is 0 Å². The van der Waals surface area contributed by atoms with Crippen LogP contribution in [-0.4, -0.2) is 42.8 Å². The number of nitrogens with one attached hydrogen (secondary N) is 1. The highest BCUT2D eigenvalue weighted by atomic mass is 16.5. The first-order valence-corrected chi connectivity index (χ1v) is 6.35. The monoisotopic (exact) mass is 228 g/mol. The molecule has 2 atom stereocenters. The van der Waals surface area contributed by atoms with E-state index in [1.807, 2.05) is 11.8 Å².